The first kappa shape index (κ1) is 18.9. The Bertz CT molecular complexity index is 626. The molecule has 5 nitrogen and oxygen atoms in total. The molecule has 2 saturated carbocycles. The van der Waals surface area contributed by atoms with Gasteiger partial charge in [0, 0.05) is 51.9 Å². The number of benzene rings is 1. The number of hydrogen-bond acceptors (Lipinski definition) is 4. The van der Waals surface area contributed by atoms with Crippen LogP contribution in [0.3, 0.4) is 0 Å². The van der Waals surface area contributed by atoms with E-state index in [-0.39, 0.29) is 12.0 Å². The lowest BCUT2D eigenvalue weighted by molar-refractivity contribution is -0.139. The van der Waals surface area contributed by atoms with Crippen molar-refractivity contribution in [2.24, 2.45) is 23.5 Å². The summed E-state index contributed by atoms with van der Waals surface area (Å²) in [6.45, 7) is 6.81. The second-order valence-electron chi connectivity index (χ2n) is 8.83. The first-order valence-corrected chi connectivity index (χ1v) is 10.6. The molecule has 1 heterocycles. The third-order valence-electron chi connectivity index (χ3n) is 7.04. The molecule has 1 aromatic carbocycles. The van der Waals surface area contributed by atoms with Gasteiger partial charge in [0.1, 0.15) is 0 Å². The number of likely N-dealkylation sites (N-methyl/N-ethyl adjacent to an activating group) is 1. The van der Waals surface area contributed by atoms with E-state index in [1.165, 1.54) is 24.8 Å². The number of carbonyl (C=O) groups excluding carboxylic acids is 1. The lowest BCUT2D eigenvalue weighted by Crippen LogP contribution is -2.54. The van der Waals surface area contributed by atoms with Crippen molar-refractivity contribution in [3.63, 3.8) is 0 Å². The van der Waals surface area contributed by atoms with Gasteiger partial charge in [-0.25, -0.2) is 0 Å². The van der Waals surface area contributed by atoms with Crippen LogP contribution in [0.15, 0.2) is 30.3 Å². The monoisotopic (exact) mass is 370 g/mol. The van der Waals surface area contributed by atoms with Crippen molar-refractivity contribution in [1.82, 2.24) is 14.7 Å². The molecule has 1 aromatic rings. The molecule has 3 fully saturated rings. The smallest absolute Gasteiger partial charge is 0.227 e. The van der Waals surface area contributed by atoms with Gasteiger partial charge in [-0.3, -0.25) is 9.69 Å². The van der Waals surface area contributed by atoms with E-state index >= 15 is 0 Å². The van der Waals surface area contributed by atoms with Crippen LogP contribution in [0.5, 0.6) is 0 Å². The van der Waals surface area contributed by atoms with Crippen LogP contribution in [-0.2, 0) is 11.3 Å². The Morgan fingerprint density at radius 3 is 2.48 bits per heavy atom. The molecule has 27 heavy (non-hydrogen) atoms. The Morgan fingerprint density at radius 2 is 1.81 bits per heavy atom. The van der Waals surface area contributed by atoms with Gasteiger partial charge in [0.15, 0.2) is 0 Å². The van der Waals surface area contributed by atoms with E-state index in [1.54, 1.807) is 0 Å². The first-order valence-electron chi connectivity index (χ1n) is 10.6. The van der Waals surface area contributed by atoms with Crippen LogP contribution >= 0.6 is 0 Å². The molecular formula is C22H34N4O. The predicted octanol–water partition coefficient (Wildman–Crippen LogP) is 1.64. The lowest BCUT2D eigenvalue weighted by Gasteiger charge is -2.38. The standard InChI is InChI=1S/C22H34N4O/c1-24(16-17-5-3-2-4-6-17)9-10-25-11-13-26(14-12-25)22(27)20-18-7-8-19(15-18)21(20)23/h2-6,18-21H,7-16,23H2,1H3. The second-order valence-corrected chi connectivity index (χ2v) is 8.83. The molecule has 3 aliphatic rings. The number of hydrogen-bond donors (Lipinski definition) is 1. The summed E-state index contributed by atoms with van der Waals surface area (Å²) in [4.78, 5) is 20.0. The molecule has 0 aromatic heterocycles. The number of carbonyl (C=O) groups is 1. The van der Waals surface area contributed by atoms with Crippen LogP contribution in [0, 0.1) is 17.8 Å². The Labute approximate surface area is 163 Å². The van der Waals surface area contributed by atoms with Crippen molar-refractivity contribution in [2.75, 3.05) is 46.3 Å². The van der Waals surface area contributed by atoms with Crippen molar-refractivity contribution in [1.29, 1.82) is 0 Å². The van der Waals surface area contributed by atoms with E-state index in [0.717, 1.165) is 45.8 Å². The lowest BCUT2D eigenvalue weighted by atomic mass is 9.84. The summed E-state index contributed by atoms with van der Waals surface area (Å²) in [5.41, 5.74) is 7.74. The zero-order chi connectivity index (χ0) is 18.8. The molecule has 148 valence electrons. The minimum Gasteiger partial charge on any atom is -0.340 e. The Kier molecular flexibility index (Phi) is 5.81. The number of rotatable bonds is 6. The van der Waals surface area contributed by atoms with Crippen LogP contribution in [0.4, 0.5) is 0 Å². The molecule has 4 atom stereocenters. The highest BCUT2D eigenvalue weighted by Gasteiger charge is 2.50. The highest BCUT2D eigenvalue weighted by Crippen LogP contribution is 2.48. The van der Waals surface area contributed by atoms with Crippen LogP contribution in [0.25, 0.3) is 0 Å². The number of amides is 1. The molecule has 1 aliphatic heterocycles. The molecule has 2 N–H and O–H groups in total. The van der Waals surface area contributed by atoms with Crippen LogP contribution < -0.4 is 5.73 Å². The van der Waals surface area contributed by atoms with Gasteiger partial charge in [-0.05, 0) is 43.7 Å². The summed E-state index contributed by atoms with van der Waals surface area (Å²) in [6.07, 6.45) is 3.63. The fourth-order valence-corrected chi connectivity index (χ4v) is 5.39. The Balaban J connectivity index is 1.19. The van der Waals surface area contributed by atoms with Crippen molar-refractivity contribution in [2.45, 2.75) is 31.8 Å². The largest absolute Gasteiger partial charge is 0.340 e. The Hall–Kier alpha value is -1.43. The molecule has 2 bridgehead atoms. The van der Waals surface area contributed by atoms with Crippen molar-refractivity contribution < 1.29 is 4.79 Å². The number of nitrogens with two attached hydrogens (primary N) is 1. The summed E-state index contributed by atoms with van der Waals surface area (Å²) < 4.78 is 0. The Morgan fingerprint density at radius 1 is 1.11 bits per heavy atom. The summed E-state index contributed by atoms with van der Waals surface area (Å²) >= 11 is 0. The summed E-state index contributed by atoms with van der Waals surface area (Å²) in [5.74, 6) is 1.61. The van der Waals surface area contributed by atoms with Crippen molar-refractivity contribution in [3.8, 4) is 0 Å². The molecule has 1 saturated heterocycles. The molecule has 4 unspecified atom stereocenters. The van der Waals surface area contributed by atoms with Gasteiger partial charge >= 0.3 is 0 Å². The number of piperazine rings is 1. The molecule has 0 spiro atoms. The SMILES string of the molecule is CN(CCN1CCN(C(=O)C2C3CCC(C3)C2N)CC1)Cc1ccccc1. The van der Waals surface area contributed by atoms with Gasteiger partial charge in [0.25, 0.3) is 0 Å². The molecular weight excluding hydrogens is 336 g/mol. The highest BCUT2D eigenvalue weighted by molar-refractivity contribution is 5.80. The number of nitrogens with zero attached hydrogens (tertiary/aromatic N) is 3. The zero-order valence-corrected chi connectivity index (χ0v) is 16.6. The highest BCUT2D eigenvalue weighted by atomic mass is 16.2. The normalized spacial score (nSPS) is 31.0. The average Bonchev–Trinajstić information content (AvgIpc) is 3.28. The van der Waals surface area contributed by atoms with E-state index in [2.05, 4.69) is 52.1 Å². The van der Waals surface area contributed by atoms with E-state index in [4.69, 9.17) is 5.73 Å². The van der Waals surface area contributed by atoms with Crippen LogP contribution in [0.1, 0.15) is 24.8 Å². The topological polar surface area (TPSA) is 52.8 Å². The molecule has 5 heteroatoms. The van der Waals surface area contributed by atoms with Gasteiger partial charge in [-0.15, -0.1) is 0 Å². The van der Waals surface area contributed by atoms with Gasteiger partial charge in [-0.1, -0.05) is 30.3 Å². The third-order valence-corrected chi connectivity index (χ3v) is 7.04. The van der Waals surface area contributed by atoms with E-state index < -0.39 is 0 Å². The molecule has 0 radical (unpaired) electrons. The summed E-state index contributed by atoms with van der Waals surface area (Å²) in [5, 5.41) is 0. The third kappa shape index (κ3) is 4.20. The van der Waals surface area contributed by atoms with Gasteiger partial charge in [-0.2, -0.15) is 0 Å². The fraction of sp³-hybridized carbons (Fsp3) is 0.682. The van der Waals surface area contributed by atoms with Crippen molar-refractivity contribution in [3.05, 3.63) is 35.9 Å². The second kappa shape index (κ2) is 8.29. The quantitative estimate of drug-likeness (QED) is 0.827. The maximum Gasteiger partial charge on any atom is 0.227 e. The maximum absolute atomic E-state index is 13.0. The zero-order valence-electron chi connectivity index (χ0n) is 16.6. The van der Waals surface area contributed by atoms with E-state index in [0.29, 0.717) is 17.7 Å². The van der Waals surface area contributed by atoms with Gasteiger partial charge < -0.3 is 15.5 Å². The van der Waals surface area contributed by atoms with E-state index in [1.807, 2.05) is 0 Å². The average molecular weight is 371 g/mol. The van der Waals surface area contributed by atoms with E-state index in [9.17, 15) is 4.79 Å². The summed E-state index contributed by atoms with van der Waals surface area (Å²) in [7, 11) is 2.18. The molecule has 1 amide bonds. The summed E-state index contributed by atoms with van der Waals surface area (Å²) in [6, 6.07) is 10.7. The van der Waals surface area contributed by atoms with Gasteiger partial charge in [0.05, 0.1) is 5.92 Å². The number of fused-ring (bicyclic) bond motifs is 2. The van der Waals surface area contributed by atoms with Crippen molar-refractivity contribution >= 4 is 5.91 Å². The van der Waals surface area contributed by atoms with Crippen LogP contribution in [0.2, 0.25) is 0 Å². The molecule has 2 aliphatic carbocycles. The fourth-order valence-electron chi connectivity index (χ4n) is 5.39. The minimum absolute atomic E-state index is 0.104. The van der Waals surface area contributed by atoms with Crippen LogP contribution in [-0.4, -0.2) is 73.0 Å². The minimum atomic E-state index is 0.104. The molecule has 4 rings (SSSR count). The maximum atomic E-state index is 13.0. The van der Waals surface area contributed by atoms with Gasteiger partial charge in [0.2, 0.25) is 5.91 Å². The first-order chi connectivity index (χ1) is 13.1. The predicted molar refractivity (Wildman–Crippen MR) is 108 cm³/mol.